The Balaban J connectivity index is 3.12. The van der Waals surface area contributed by atoms with Gasteiger partial charge in [0.15, 0.2) is 11.5 Å². The fraction of sp³-hybridized carbons (Fsp3) is 0.364. The molecule has 0 amide bonds. The molecule has 1 unspecified atom stereocenters. The number of para-hydroxylation sites is 1. The molecule has 1 rings (SSSR count). The molecule has 0 bridgehead atoms. The Bertz CT molecular complexity index is 378. The van der Waals surface area contributed by atoms with Crippen LogP contribution in [0.25, 0.3) is 0 Å². The minimum Gasteiger partial charge on any atom is -0.504 e. The van der Waals surface area contributed by atoms with Gasteiger partial charge in [-0.2, -0.15) is 0 Å². The van der Waals surface area contributed by atoms with E-state index in [-0.39, 0.29) is 5.75 Å². The standard InChI is InChI=1S/C11H15NO4/c1-3-16-8-6-4-5-7(10(8)13)9(12-2)11(14)15/h4-6,9,12-13H,3H2,1-2H3,(H,14,15). The highest BCUT2D eigenvalue weighted by molar-refractivity contribution is 5.77. The quantitative estimate of drug-likeness (QED) is 0.700. The summed E-state index contributed by atoms with van der Waals surface area (Å²) >= 11 is 0. The first-order valence-electron chi connectivity index (χ1n) is 4.96. The molecule has 0 heterocycles. The SMILES string of the molecule is CCOc1cccc(C(NC)C(=O)O)c1O. The maximum absolute atomic E-state index is 10.9. The molecular weight excluding hydrogens is 210 g/mol. The Hall–Kier alpha value is -1.75. The highest BCUT2D eigenvalue weighted by Gasteiger charge is 2.22. The number of aromatic hydroxyl groups is 1. The summed E-state index contributed by atoms with van der Waals surface area (Å²) in [5.41, 5.74) is 0.293. The summed E-state index contributed by atoms with van der Waals surface area (Å²) < 4.78 is 5.18. The second-order valence-electron chi connectivity index (χ2n) is 3.19. The van der Waals surface area contributed by atoms with E-state index in [9.17, 15) is 9.90 Å². The zero-order valence-electron chi connectivity index (χ0n) is 9.23. The maximum atomic E-state index is 10.9. The topological polar surface area (TPSA) is 78.8 Å². The van der Waals surface area contributed by atoms with Crippen LogP contribution in [0.4, 0.5) is 0 Å². The first kappa shape index (κ1) is 12.3. The number of carboxylic acid groups (broad SMARTS) is 1. The number of hydrogen-bond acceptors (Lipinski definition) is 4. The monoisotopic (exact) mass is 225 g/mol. The van der Waals surface area contributed by atoms with Gasteiger partial charge in [-0.3, -0.25) is 4.79 Å². The Morgan fingerprint density at radius 2 is 2.25 bits per heavy atom. The van der Waals surface area contributed by atoms with Gasteiger partial charge in [-0.1, -0.05) is 12.1 Å². The molecule has 0 spiro atoms. The van der Waals surface area contributed by atoms with Gasteiger partial charge in [-0.15, -0.1) is 0 Å². The lowest BCUT2D eigenvalue weighted by Gasteiger charge is -2.15. The van der Waals surface area contributed by atoms with E-state index in [1.54, 1.807) is 25.1 Å². The van der Waals surface area contributed by atoms with E-state index in [1.807, 2.05) is 0 Å². The summed E-state index contributed by atoms with van der Waals surface area (Å²) in [6, 6.07) is 3.84. The molecule has 0 fully saturated rings. The summed E-state index contributed by atoms with van der Waals surface area (Å²) in [6.45, 7) is 2.20. The van der Waals surface area contributed by atoms with Gasteiger partial charge in [0, 0.05) is 5.56 Å². The predicted molar refractivity (Wildman–Crippen MR) is 58.7 cm³/mol. The van der Waals surface area contributed by atoms with Crippen LogP contribution in [0.5, 0.6) is 11.5 Å². The lowest BCUT2D eigenvalue weighted by molar-refractivity contribution is -0.139. The van der Waals surface area contributed by atoms with Crippen LogP contribution in [0.3, 0.4) is 0 Å². The number of carbonyl (C=O) groups is 1. The number of nitrogens with one attached hydrogen (secondary N) is 1. The van der Waals surface area contributed by atoms with E-state index in [0.717, 1.165) is 0 Å². The maximum Gasteiger partial charge on any atom is 0.325 e. The van der Waals surface area contributed by atoms with Crippen molar-refractivity contribution >= 4 is 5.97 Å². The molecule has 5 nitrogen and oxygen atoms in total. The molecule has 0 radical (unpaired) electrons. The van der Waals surface area contributed by atoms with Crippen LogP contribution in [0.15, 0.2) is 18.2 Å². The van der Waals surface area contributed by atoms with Crippen molar-refractivity contribution in [2.45, 2.75) is 13.0 Å². The third-order valence-electron chi connectivity index (χ3n) is 2.18. The van der Waals surface area contributed by atoms with Crippen LogP contribution in [-0.4, -0.2) is 29.8 Å². The van der Waals surface area contributed by atoms with Gasteiger partial charge in [0.05, 0.1) is 6.61 Å². The van der Waals surface area contributed by atoms with Crippen LogP contribution in [-0.2, 0) is 4.79 Å². The van der Waals surface area contributed by atoms with Crippen molar-refractivity contribution in [3.05, 3.63) is 23.8 Å². The molecule has 5 heteroatoms. The number of rotatable bonds is 5. The molecule has 16 heavy (non-hydrogen) atoms. The lowest BCUT2D eigenvalue weighted by Crippen LogP contribution is -2.25. The van der Waals surface area contributed by atoms with Gasteiger partial charge >= 0.3 is 5.97 Å². The largest absolute Gasteiger partial charge is 0.504 e. The summed E-state index contributed by atoms with van der Waals surface area (Å²) in [5.74, 6) is -0.890. The Labute approximate surface area is 93.7 Å². The molecule has 0 saturated carbocycles. The lowest BCUT2D eigenvalue weighted by atomic mass is 10.1. The van der Waals surface area contributed by atoms with Crippen molar-refractivity contribution in [2.24, 2.45) is 0 Å². The molecule has 3 N–H and O–H groups in total. The summed E-state index contributed by atoms with van der Waals surface area (Å²) in [6.07, 6.45) is 0. The van der Waals surface area contributed by atoms with Crippen molar-refractivity contribution in [1.29, 1.82) is 0 Å². The van der Waals surface area contributed by atoms with Crippen LogP contribution >= 0.6 is 0 Å². The fourth-order valence-corrected chi connectivity index (χ4v) is 1.46. The average Bonchev–Trinajstić information content (AvgIpc) is 2.24. The number of likely N-dealkylation sites (N-methyl/N-ethyl adjacent to an activating group) is 1. The van der Waals surface area contributed by atoms with E-state index in [2.05, 4.69) is 5.32 Å². The number of benzene rings is 1. The third kappa shape index (κ3) is 2.43. The zero-order valence-corrected chi connectivity index (χ0v) is 9.23. The van der Waals surface area contributed by atoms with E-state index in [4.69, 9.17) is 9.84 Å². The van der Waals surface area contributed by atoms with Crippen LogP contribution in [0.1, 0.15) is 18.5 Å². The Kier molecular flexibility index (Phi) is 4.13. The van der Waals surface area contributed by atoms with Gasteiger partial charge < -0.3 is 20.3 Å². The van der Waals surface area contributed by atoms with Crippen LogP contribution in [0, 0.1) is 0 Å². The molecule has 0 aliphatic carbocycles. The number of ether oxygens (including phenoxy) is 1. The molecule has 0 saturated heterocycles. The molecule has 1 atom stereocenters. The normalized spacial score (nSPS) is 12.1. The second-order valence-corrected chi connectivity index (χ2v) is 3.19. The number of hydrogen-bond donors (Lipinski definition) is 3. The summed E-state index contributed by atoms with van der Waals surface area (Å²) in [4.78, 5) is 10.9. The smallest absolute Gasteiger partial charge is 0.325 e. The first-order valence-corrected chi connectivity index (χ1v) is 4.96. The van der Waals surface area contributed by atoms with E-state index in [1.165, 1.54) is 7.05 Å². The number of phenols is 1. The average molecular weight is 225 g/mol. The van der Waals surface area contributed by atoms with Crippen molar-refractivity contribution in [3.63, 3.8) is 0 Å². The Morgan fingerprint density at radius 3 is 2.75 bits per heavy atom. The van der Waals surface area contributed by atoms with Crippen LogP contribution in [0.2, 0.25) is 0 Å². The van der Waals surface area contributed by atoms with E-state index in [0.29, 0.717) is 17.9 Å². The number of aliphatic carboxylic acids is 1. The van der Waals surface area contributed by atoms with Gasteiger partial charge in [0.1, 0.15) is 6.04 Å². The van der Waals surface area contributed by atoms with Gasteiger partial charge in [0.2, 0.25) is 0 Å². The van der Waals surface area contributed by atoms with Crippen molar-refractivity contribution in [3.8, 4) is 11.5 Å². The molecule has 1 aromatic carbocycles. The molecule has 1 aromatic rings. The Morgan fingerprint density at radius 1 is 1.56 bits per heavy atom. The zero-order chi connectivity index (χ0) is 12.1. The van der Waals surface area contributed by atoms with E-state index < -0.39 is 12.0 Å². The van der Waals surface area contributed by atoms with E-state index >= 15 is 0 Å². The summed E-state index contributed by atoms with van der Waals surface area (Å²) in [5, 5.41) is 21.4. The van der Waals surface area contributed by atoms with Gasteiger partial charge in [-0.25, -0.2) is 0 Å². The minimum atomic E-state index is -1.05. The fourth-order valence-electron chi connectivity index (χ4n) is 1.46. The van der Waals surface area contributed by atoms with Crippen LogP contribution < -0.4 is 10.1 Å². The first-order chi connectivity index (χ1) is 7.61. The van der Waals surface area contributed by atoms with Gasteiger partial charge in [-0.05, 0) is 20.0 Å². The highest BCUT2D eigenvalue weighted by atomic mass is 16.5. The molecule has 0 aromatic heterocycles. The van der Waals surface area contributed by atoms with Crippen molar-refractivity contribution in [1.82, 2.24) is 5.32 Å². The number of phenolic OH excluding ortho intramolecular Hbond substituents is 1. The predicted octanol–water partition coefficient (Wildman–Crippen LogP) is 1.14. The second kappa shape index (κ2) is 5.37. The molecule has 0 aliphatic rings. The molecule has 0 aliphatic heterocycles. The minimum absolute atomic E-state index is 0.133. The van der Waals surface area contributed by atoms with Crippen molar-refractivity contribution < 1.29 is 19.7 Å². The summed E-state index contributed by atoms with van der Waals surface area (Å²) in [7, 11) is 1.52. The number of carboxylic acids is 1. The van der Waals surface area contributed by atoms with Crippen molar-refractivity contribution in [2.75, 3.05) is 13.7 Å². The molecule has 88 valence electrons. The third-order valence-corrected chi connectivity index (χ3v) is 2.18. The van der Waals surface area contributed by atoms with Gasteiger partial charge in [0.25, 0.3) is 0 Å². The highest BCUT2D eigenvalue weighted by Crippen LogP contribution is 2.33. The molecular formula is C11H15NO4.